The summed E-state index contributed by atoms with van der Waals surface area (Å²) in [4.78, 5) is 8.26. The molecule has 3 aromatic rings. The molecule has 0 atom stereocenters. The van der Waals surface area contributed by atoms with E-state index >= 15 is 0 Å². The average molecular weight is 227 g/mol. The second-order valence-corrected chi connectivity index (χ2v) is 3.91. The van der Waals surface area contributed by atoms with Crippen LogP contribution in [0.25, 0.3) is 22.2 Å². The lowest BCUT2D eigenvalue weighted by molar-refractivity contribution is 0.629. The van der Waals surface area contributed by atoms with Crippen molar-refractivity contribution in [2.24, 2.45) is 7.05 Å². The molecule has 0 amide bonds. The molecule has 0 radical (unpaired) electrons. The quantitative estimate of drug-likeness (QED) is 0.640. The summed E-state index contributed by atoms with van der Waals surface area (Å²) in [5, 5.41) is 0.928. The Morgan fingerprint density at radius 3 is 2.88 bits per heavy atom. The van der Waals surface area contributed by atoms with Gasteiger partial charge in [0, 0.05) is 30.3 Å². The van der Waals surface area contributed by atoms with Gasteiger partial charge in [-0.2, -0.15) is 0 Å². The minimum atomic E-state index is -0.271. The molecule has 0 fully saturated rings. The molecule has 0 saturated heterocycles. The maximum Gasteiger partial charge on any atom is 0.125 e. The van der Waals surface area contributed by atoms with Gasteiger partial charge < -0.3 is 4.57 Å². The van der Waals surface area contributed by atoms with Gasteiger partial charge in [0.2, 0.25) is 0 Å². The fourth-order valence-corrected chi connectivity index (χ4v) is 1.96. The Bertz CT molecular complexity index is 688. The van der Waals surface area contributed by atoms with Crippen molar-refractivity contribution in [2.75, 3.05) is 0 Å². The van der Waals surface area contributed by atoms with Crippen LogP contribution in [0.5, 0.6) is 0 Å². The molecular weight excluding hydrogens is 217 g/mol. The first kappa shape index (κ1) is 9.96. The van der Waals surface area contributed by atoms with E-state index in [9.17, 15) is 4.39 Å². The molecule has 0 spiro atoms. The second kappa shape index (κ2) is 3.66. The van der Waals surface area contributed by atoms with E-state index in [0.717, 1.165) is 16.6 Å². The second-order valence-electron chi connectivity index (χ2n) is 3.91. The molecule has 0 unspecified atom stereocenters. The predicted octanol–water partition coefficient (Wildman–Crippen LogP) is 2.77. The lowest BCUT2D eigenvalue weighted by Gasteiger charge is -2.06. The van der Waals surface area contributed by atoms with Crippen molar-refractivity contribution in [3.05, 3.63) is 48.8 Å². The molecule has 0 aliphatic heterocycles. The number of aromatic nitrogens is 3. The highest BCUT2D eigenvalue weighted by molar-refractivity contribution is 5.93. The first-order valence-electron chi connectivity index (χ1n) is 5.26. The van der Waals surface area contributed by atoms with Crippen molar-refractivity contribution >= 4 is 10.9 Å². The van der Waals surface area contributed by atoms with E-state index in [2.05, 4.69) is 9.97 Å². The van der Waals surface area contributed by atoms with Gasteiger partial charge in [0.05, 0.1) is 23.7 Å². The topological polar surface area (TPSA) is 30.7 Å². The molecule has 0 aliphatic rings. The van der Waals surface area contributed by atoms with Gasteiger partial charge in [-0.05, 0) is 18.2 Å². The van der Waals surface area contributed by atoms with Crippen molar-refractivity contribution < 1.29 is 4.39 Å². The van der Waals surface area contributed by atoms with Gasteiger partial charge in [-0.3, -0.25) is 4.98 Å². The first-order valence-corrected chi connectivity index (χ1v) is 5.26. The highest BCUT2D eigenvalue weighted by Crippen LogP contribution is 2.26. The summed E-state index contributed by atoms with van der Waals surface area (Å²) in [5.74, 6) is -0.271. The number of aryl methyl sites for hydroxylation is 1. The minimum Gasteiger partial charge on any atom is -0.334 e. The van der Waals surface area contributed by atoms with E-state index in [0.29, 0.717) is 5.52 Å². The lowest BCUT2D eigenvalue weighted by Crippen LogP contribution is -1.91. The molecule has 84 valence electrons. The van der Waals surface area contributed by atoms with E-state index in [1.54, 1.807) is 24.8 Å². The largest absolute Gasteiger partial charge is 0.334 e. The number of benzene rings is 1. The van der Waals surface area contributed by atoms with Crippen LogP contribution in [0.4, 0.5) is 4.39 Å². The van der Waals surface area contributed by atoms with Crippen molar-refractivity contribution in [1.82, 2.24) is 14.5 Å². The third-order valence-electron chi connectivity index (χ3n) is 2.80. The third kappa shape index (κ3) is 1.58. The number of halogens is 1. The summed E-state index contributed by atoms with van der Waals surface area (Å²) in [6, 6.07) is 6.55. The fraction of sp³-hybridized carbons (Fsp3) is 0.0769. The van der Waals surface area contributed by atoms with Crippen LogP contribution in [-0.4, -0.2) is 14.5 Å². The van der Waals surface area contributed by atoms with Crippen LogP contribution < -0.4 is 0 Å². The maximum atomic E-state index is 13.1. The van der Waals surface area contributed by atoms with Crippen molar-refractivity contribution in [3.63, 3.8) is 0 Å². The average Bonchev–Trinajstić information content (AvgIpc) is 2.74. The third-order valence-corrected chi connectivity index (χ3v) is 2.80. The Balaban J connectivity index is 2.34. The molecule has 0 N–H and O–H groups in total. The summed E-state index contributed by atoms with van der Waals surface area (Å²) in [7, 11) is 1.93. The number of nitrogens with zero attached hydrogens (tertiary/aromatic N) is 3. The van der Waals surface area contributed by atoms with Gasteiger partial charge in [0.25, 0.3) is 0 Å². The molecule has 2 heterocycles. The Kier molecular flexibility index (Phi) is 2.14. The molecule has 17 heavy (non-hydrogen) atoms. The smallest absolute Gasteiger partial charge is 0.125 e. The number of hydrogen-bond donors (Lipinski definition) is 0. The van der Waals surface area contributed by atoms with Gasteiger partial charge in [0.15, 0.2) is 0 Å². The molecule has 0 bridgehead atoms. The zero-order chi connectivity index (χ0) is 11.8. The highest BCUT2D eigenvalue weighted by Gasteiger charge is 2.08. The van der Waals surface area contributed by atoms with Gasteiger partial charge in [-0.1, -0.05) is 0 Å². The van der Waals surface area contributed by atoms with Crippen LogP contribution in [0.2, 0.25) is 0 Å². The molecule has 0 saturated carbocycles. The number of hydrogen-bond acceptors (Lipinski definition) is 2. The highest BCUT2D eigenvalue weighted by atomic mass is 19.1. The summed E-state index contributed by atoms with van der Waals surface area (Å²) in [5.41, 5.74) is 2.66. The Morgan fingerprint density at radius 1 is 1.24 bits per heavy atom. The molecule has 2 aromatic heterocycles. The van der Waals surface area contributed by atoms with Gasteiger partial charge in [-0.15, -0.1) is 0 Å². The molecule has 0 aliphatic carbocycles. The molecule has 3 rings (SSSR count). The van der Waals surface area contributed by atoms with Crippen molar-refractivity contribution in [2.45, 2.75) is 0 Å². The van der Waals surface area contributed by atoms with E-state index in [1.807, 2.05) is 17.7 Å². The van der Waals surface area contributed by atoms with Gasteiger partial charge >= 0.3 is 0 Å². The van der Waals surface area contributed by atoms with Crippen molar-refractivity contribution in [1.29, 1.82) is 0 Å². The van der Waals surface area contributed by atoms with Crippen LogP contribution in [0.15, 0.2) is 43.0 Å². The van der Waals surface area contributed by atoms with E-state index in [-0.39, 0.29) is 5.82 Å². The van der Waals surface area contributed by atoms with Crippen LogP contribution in [-0.2, 0) is 7.05 Å². The fourth-order valence-electron chi connectivity index (χ4n) is 1.96. The van der Waals surface area contributed by atoms with Crippen LogP contribution in [0, 0.1) is 5.82 Å². The monoisotopic (exact) mass is 227 g/mol. The molecule has 3 nitrogen and oxygen atoms in total. The predicted molar refractivity (Wildman–Crippen MR) is 63.9 cm³/mol. The molecule has 1 aromatic carbocycles. The SMILES string of the molecule is Cn1cncc1-c1ccnc2cc(F)ccc12. The number of imidazole rings is 1. The zero-order valence-electron chi connectivity index (χ0n) is 9.26. The Hall–Kier alpha value is -2.23. The van der Waals surface area contributed by atoms with E-state index < -0.39 is 0 Å². The Morgan fingerprint density at radius 2 is 2.12 bits per heavy atom. The minimum absolute atomic E-state index is 0.271. The van der Waals surface area contributed by atoms with Gasteiger partial charge in [0.1, 0.15) is 5.82 Å². The molecule has 4 heteroatoms. The lowest BCUT2D eigenvalue weighted by atomic mass is 10.1. The van der Waals surface area contributed by atoms with Crippen LogP contribution in [0.3, 0.4) is 0 Å². The summed E-state index contributed by atoms with van der Waals surface area (Å²) in [6.45, 7) is 0. The van der Waals surface area contributed by atoms with Crippen LogP contribution >= 0.6 is 0 Å². The standard InChI is InChI=1S/C13H10FN3/c1-17-8-15-7-13(17)11-4-5-16-12-6-9(14)2-3-10(11)12/h2-8H,1H3. The number of pyridine rings is 1. The summed E-state index contributed by atoms with van der Waals surface area (Å²) >= 11 is 0. The van der Waals surface area contributed by atoms with E-state index in [1.165, 1.54) is 12.1 Å². The number of fused-ring (bicyclic) bond motifs is 1. The summed E-state index contributed by atoms with van der Waals surface area (Å²) in [6.07, 6.45) is 5.22. The maximum absolute atomic E-state index is 13.1. The zero-order valence-corrected chi connectivity index (χ0v) is 9.26. The number of rotatable bonds is 1. The van der Waals surface area contributed by atoms with Crippen LogP contribution in [0.1, 0.15) is 0 Å². The summed E-state index contributed by atoms with van der Waals surface area (Å²) < 4.78 is 15.1. The van der Waals surface area contributed by atoms with Crippen molar-refractivity contribution in [3.8, 4) is 11.3 Å². The first-order chi connectivity index (χ1) is 8.25. The normalized spacial score (nSPS) is 10.9. The Labute approximate surface area is 97.6 Å². The van der Waals surface area contributed by atoms with Gasteiger partial charge in [-0.25, -0.2) is 9.37 Å². The van der Waals surface area contributed by atoms with E-state index in [4.69, 9.17) is 0 Å². The molecular formula is C13H10FN3.